The molecule has 2 aliphatic carbocycles. The SMILES string of the molecule is CC1(C)CCCN(CC2(CNC3CC3)CCCC2)C1. The summed E-state index contributed by atoms with van der Waals surface area (Å²) in [4.78, 5) is 2.78. The van der Waals surface area contributed by atoms with Gasteiger partial charge in [0.15, 0.2) is 0 Å². The summed E-state index contributed by atoms with van der Waals surface area (Å²) in [6.45, 7) is 10.2. The minimum Gasteiger partial charge on any atom is -0.313 e. The van der Waals surface area contributed by atoms with E-state index in [4.69, 9.17) is 0 Å². The average molecular weight is 264 g/mol. The standard InChI is InChI=1S/C17H32N2/c1-16(2)8-5-11-19(13-16)14-17(9-3-4-10-17)12-18-15-6-7-15/h15,18H,3-14H2,1-2H3. The molecular weight excluding hydrogens is 232 g/mol. The summed E-state index contributed by atoms with van der Waals surface area (Å²) < 4.78 is 0. The third-order valence-electron chi connectivity index (χ3n) is 5.55. The zero-order valence-corrected chi connectivity index (χ0v) is 13.0. The summed E-state index contributed by atoms with van der Waals surface area (Å²) in [5.74, 6) is 0. The van der Waals surface area contributed by atoms with E-state index >= 15 is 0 Å². The van der Waals surface area contributed by atoms with Crippen LogP contribution in [0.2, 0.25) is 0 Å². The molecule has 1 saturated heterocycles. The lowest BCUT2D eigenvalue weighted by atomic mass is 9.80. The fourth-order valence-electron chi connectivity index (χ4n) is 4.32. The maximum absolute atomic E-state index is 3.82. The lowest BCUT2D eigenvalue weighted by Gasteiger charge is -2.43. The molecule has 1 heterocycles. The van der Waals surface area contributed by atoms with Crippen molar-refractivity contribution in [1.29, 1.82) is 0 Å². The fourth-order valence-corrected chi connectivity index (χ4v) is 4.32. The van der Waals surface area contributed by atoms with Gasteiger partial charge in [0.25, 0.3) is 0 Å². The van der Waals surface area contributed by atoms with E-state index in [2.05, 4.69) is 24.1 Å². The molecule has 1 N–H and O–H groups in total. The van der Waals surface area contributed by atoms with Gasteiger partial charge >= 0.3 is 0 Å². The quantitative estimate of drug-likeness (QED) is 0.818. The van der Waals surface area contributed by atoms with Crippen LogP contribution in [-0.2, 0) is 0 Å². The number of nitrogens with one attached hydrogen (secondary N) is 1. The summed E-state index contributed by atoms with van der Waals surface area (Å²) in [6, 6.07) is 0.871. The largest absolute Gasteiger partial charge is 0.313 e. The Morgan fingerprint density at radius 3 is 2.42 bits per heavy atom. The van der Waals surface area contributed by atoms with Crippen LogP contribution in [0, 0.1) is 10.8 Å². The van der Waals surface area contributed by atoms with Crippen molar-refractivity contribution < 1.29 is 0 Å². The molecule has 0 aromatic rings. The van der Waals surface area contributed by atoms with Crippen molar-refractivity contribution >= 4 is 0 Å². The molecule has 0 atom stereocenters. The first-order valence-electron chi connectivity index (χ1n) is 8.53. The van der Waals surface area contributed by atoms with Crippen LogP contribution < -0.4 is 5.32 Å². The first kappa shape index (κ1) is 13.9. The van der Waals surface area contributed by atoms with Crippen molar-refractivity contribution in [3.63, 3.8) is 0 Å². The molecule has 2 saturated carbocycles. The van der Waals surface area contributed by atoms with Crippen LogP contribution in [0.3, 0.4) is 0 Å². The van der Waals surface area contributed by atoms with Crippen molar-refractivity contribution in [2.75, 3.05) is 26.2 Å². The van der Waals surface area contributed by atoms with Gasteiger partial charge in [-0.1, -0.05) is 26.7 Å². The van der Waals surface area contributed by atoms with Gasteiger partial charge < -0.3 is 10.2 Å². The second-order valence-electron chi connectivity index (χ2n) is 8.34. The number of nitrogens with zero attached hydrogens (tertiary/aromatic N) is 1. The molecule has 0 radical (unpaired) electrons. The highest BCUT2D eigenvalue weighted by atomic mass is 15.2. The maximum Gasteiger partial charge on any atom is 0.00684 e. The number of piperidine rings is 1. The van der Waals surface area contributed by atoms with Gasteiger partial charge in [0.2, 0.25) is 0 Å². The van der Waals surface area contributed by atoms with Gasteiger partial charge in [0, 0.05) is 25.7 Å². The Morgan fingerprint density at radius 2 is 1.79 bits per heavy atom. The number of hydrogen-bond donors (Lipinski definition) is 1. The average Bonchev–Trinajstić information content (AvgIpc) is 3.06. The lowest BCUT2D eigenvalue weighted by Crippen LogP contribution is -2.48. The predicted molar refractivity (Wildman–Crippen MR) is 81.4 cm³/mol. The molecular formula is C17H32N2. The Labute approximate surface area is 119 Å². The van der Waals surface area contributed by atoms with Crippen molar-refractivity contribution in [2.45, 2.75) is 71.3 Å². The Hall–Kier alpha value is -0.0800. The highest BCUT2D eigenvalue weighted by Gasteiger charge is 2.38. The van der Waals surface area contributed by atoms with Crippen LogP contribution in [0.5, 0.6) is 0 Å². The van der Waals surface area contributed by atoms with Gasteiger partial charge in [0.05, 0.1) is 0 Å². The maximum atomic E-state index is 3.82. The van der Waals surface area contributed by atoms with Crippen LogP contribution in [-0.4, -0.2) is 37.1 Å². The van der Waals surface area contributed by atoms with Crippen LogP contribution in [0.1, 0.15) is 65.2 Å². The highest BCUT2D eigenvalue weighted by Crippen LogP contribution is 2.40. The highest BCUT2D eigenvalue weighted by molar-refractivity contribution is 4.94. The smallest absolute Gasteiger partial charge is 0.00684 e. The molecule has 2 nitrogen and oxygen atoms in total. The summed E-state index contributed by atoms with van der Waals surface area (Å²) in [6.07, 6.45) is 11.5. The van der Waals surface area contributed by atoms with Gasteiger partial charge in [-0.25, -0.2) is 0 Å². The van der Waals surface area contributed by atoms with Crippen LogP contribution in [0.25, 0.3) is 0 Å². The van der Waals surface area contributed by atoms with E-state index in [-0.39, 0.29) is 0 Å². The first-order chi connectivity index (χ1) is 9.07. The van der Waals surface area contributed by atoms with Gasteiger partial charge in [0.1, 0.15) is 0 Å². The second-order valence-corrected chi connectivity index (χ2v) is 8.34. The predicted octanol–water partition coefficient (Wildman–Crippen LogP) is 3.42. The lowest BCUT2D eigenvalue weighted by molar-refractivity contribution is 0.0696. The van der Waals surface area contributed by atoms with E-state index < -0.39 is 0 Å². The van der Waals surface area contributed by atoms with E-state index in [9.17, 15) is 0 Å². The molecule has 2 heteroatoms. The van der Waals surface area contributed by atoms with Gasteiger partial charge in [-0.05, 0) is 55.9 Å². The van der Waals surface area contributed by atoms with Gasteiger partial charge in [-0.3, -0.25) is 0 Å². The van der Waals surface area contributed by atoms with Gasteiger partial charge in [-0.15, -0.1) is 0 Å². The summed E-state index contributed by atoms with van der Waals surface area (Å²) >= 11 is 0. The van der Waals surface area contributed by atoms with Crippen molar-refractivity contribution in [2.24, 2.45) is 10.8 Å². The molecule has 3 fully saturated rings. The van der Waals surface area contributed by atoms with E-state index in [1.165, 1.54) is 77.5 Å². The molecule has 0 unspecified atom stereocenters. The molecule has 0 amide bonds. The van der Waals surface area contributed by atoms with E-state index in [0.29, 0.717) is 10.8 Å². The summed E-state index contributed by atoms with van der Waals surface area (Å²) in [5.41, 5.74) is 1.15. The summed E-state index contributed by atoms with van der Waals surface area (Å²) in [5, 5.41) is 3.82. The zero-order chi connectivity index (χ0) is 13.3. The van der Waals surface area contributed by atoms with Crippen LogP contribution in [0.15, 0.2) is 0 Å². The third-order valence-corrected chi connectivity index (χ3v) is 5.55. The number of hydrogen-bond acceptors (Lipinski definition) is 2. The second kappa shape index (κ2) is 5.37. The normalized spacial score (nSPS) is 30.6. The topological polar surface area (TPSA) is 15.3 Å². The molecule has 110 valence electrons. The molecule has 0 bridgehead atoms. The molecule has 1 aliphatic heterocycles. The zero-order valence-electron chi connectivity index (χ0n) is 13.0. The fraction of sp³-hybridized carbons (Fsp3) is 1.00. The first-order valence-corrected chi connectivity index (χ1v) is 8.53. The van der Waals surface area contributed by atoms with Crippen molar-refractivity contribution in [1.82, 2.24) is 10.2 Å². The Bertz CT molecular complexity index is 300. The van der Waals surface area contributed by atoms with Crippen LogP contribution in [0.4, 0.5) is 0 Å². The minimum atomic E-state index is 0.544. The molecule has 0 aromatic carbocycles. The molecule has 3 rings (SSSR count). The van der Waals surface area contributed by atoms with E-state index in [1.54, 1.807) is 0 Å². The Kier molecular flexibility index (Phi) is 3.92. The Morgan fingerprint density at radius 1 is 1.05 bits per heavy atom. The third kappa shape index (κ3) is 3.72. The number of rotatable bonds is 5. The Balaban J connectivity index is 1.57. The molecule has 3 aliphatic rings. The molecule has 0 spiro atoms. The van der Waals surface area contributed by atoms with Gasteiger partial charge in [-0.2, -0.15) is 0 Å². The van der Waals surface area contributed by atoms with Crippen molar-refractivity contribution in [3.05, 3.63) is 0 Å². The molecule has 0 aromatic heterocycles. The van der Waals surface area contributed by atoms with Crippen molar-refractivity contribution in [3.8, 4) is 0 Å². The minimum absolute atomic E-state index is 0.544. The number of likely N-dealkylation sites (tertiary alicyclic amines) is 1. The van der Waals surface area contributed by atoms with E-state index in [1.807, 2.05) is 0 Å². The van der Waals surface area contributed by atoms with E-state index in [0.717, 1.165) is 6.04 Å². The molecule has 19 heavy (non-hydrogen) atoms. The summed E-state index contributed by atoms with van der Waals surface area (Å²) in [7, 11) is 0. The monoisotopic (exact) mass is 264 g/mol. The van der Waals surface area contributed by atoms with Crippen LogP contribution >= 0.6 is 0 Å².